The summed E-state index contributed by atoms with van der Waals surface area (Å²) in [6, 6.07) is 9.07. The number of thiophene rings is 1. The van der Waals surface area contributed by atoms with Gasteiger partial charge in [0.25, 0.3) is 0 Å². The minimum atomic E-state index is 0.177. The van der Waals surface area contributed by atoms with Gasteiger partial charge >= 0.3 is 0 Å². The molecule has 0 aliphatic rings. The average molecular weight is 335 g/mol. The van der Waals surface area contributed by atoms with Crippen LogP contribution in [0.25, 0.3) is 10.2 Å². The summed E-state index contributed by atoms with van der Waals surface area (Å²) in [5.41, 5.74) is 1.17. The SMILES string of the molecule is Cc1cc2c(Nc3ccc(C#N)cc3Cl)nc(Cl)nc2s1. The zero-order chi connectivity index (χ0) is 15.0. The van der Waals surface area contributed by atoms with Crippen LogP contribution in [0.3, 0.4) is 0 Å². The first-order valence-electron chi connectivity index (χ1n) is 5.97. The highest BCUT2D eigenvalue weighted by Crippen LogP contribution is 2.33. The Balaban J connectivity index is 2.08. The quantitative estimate of drug-likeness (QED) is 0.675. The maximum atomic E-state index is 8.86. The summed E-state index contributed by atoms with van der Waals surface area (Å²) >= 11 is 13.7. The lowest BCUT2D eigenvalue weighted by molar-refractivity contribution is 1.23. The van der Waals surface area contributed by atoms with Crippen molar-refractivity contribution in [3.05, 3.63) is 45.0 Å². The molecule has 0 saturated carbocycles. The van der Waals surface area contributed by atoms with Crippen LogP contribution in [0.2, 0.25) is 10.3 Å². The van der Waals surface area contributed by atoms with Crippen molar-refractivity contribution in [1.29, 1.82) is 5.26 Å². The smallest absolute Gasteiger partial charge is 0.225 e. The lowest BCUT2D eigenvalue weighted by Crippen LogP contribution is -1.96. The number of benzene rings is 1. The molecule has 104 valence electrons. The number of nitriles is 1. The highest BCUT2D eigenvalue weighted by molar-refractivity contribution is 7.18. The minimum Gasteiger partial charge on any atom is -0.338 e. The van der Waals surface area contributed by atoms with Gasteiger partial charge in [-0.3, -0.25) is 0 Å². The Hall–Kier alpha value is -1.87. The number of hydrogen-bond acceptors (Lipinski definition) is 5. The monoisotopic (exact) mass is 334 g/mol. The van der Waals surface area contributed by atoms with Gasteiger partial charge in [-0.15, -0.1) is 11.3 Å². The summed E-state index contributed by atoms with van der Waals surface area (Å²) in [5.74, 6) is 0.598. The summed E-state index contributed by atoms with van der Waals surface area (Å²) in [5, 5.41) is 13.5. The average Bonchev–Trinajstić information content (AvgIpc) is 2.81. The second-order valence-corrected chi connectivity index (χ2v) is 6.33. The third kappa shape index (κ3) is 2.79. The molecule has 3 rings (SSSR count). The van der Waals surface area contributed by atoms with E-state index in [9.17, 15) is 0 Å². The number of anilines is 2. The number of nitrogens with one attached hydrogen (secondary N) is 1. The van der Waals surface area contributed by atoms with Gasteiger partial charge in [0.2, 0.25) is 5.28 Å². The summed E-state index contributed by atoms with van der Waals surface area (Å²) < 4.78 is 0. The van der Waals surface area contributed by atoms with Crippen LogP contribution in [0, 0.1) is 18.3 Å². The van der Waals surface area contributed by atoms with Crippen LogP contribution in [0.4, 0.5) is 11.5 Å². The van der Waals surface area contributed by atoms with E-state index in [0.29, 0.717) is 22.1 Å². The predicted molar refractivity (Wildman–Crippen MR) is 86.6 cm³/mol. The first-order valence-corrected chi connectivity index (χ1v) is 7.54. The molecule has 0 fully saturated rings. The summed E-state index contributed by atoms with van der Waals surface area (Å²) in [6.45, 7) is 2.00. The van der Waals surface area contributed by atoms with E-state index in [2.05, 4.69) is 15.3 Å². The Bertz CT molecular complexity index is 883. The van der Waals surface area contributed by atoms with Crippen LogP contribution in [0.1, 0.15) is 10.4 Å². The van der Waals surface area contributed by atoms with Gasteiger partial charge in [-0.05, 0) is 42.8 Å². The molecule has 2 aromatic heterocycles. The topological polar surface area (TPSA) is 61.6 Å². The molecule has 21 heavy (non-hydrogen) atoms. The van der Waals surface area contributed by atoms with Gasteiger partial charge in [-0.25, -0.2) is 4.98 Å². The lowest BCUT2D eigenvalue weighted by Gasteiger charge is -2.09. The van der Waals surface area contributed by atoms with E-state index in [1.54, 1.807) is 29.5 Å². The number of aryl methyl sites for hydroxylation is 1. The van der Waals surface area contributed by atoms with Crippen molar-refractivity contribution < 1.29 is 0 Å². The van der Waals surface area contributed by atoms with Crippen molar-refractivity contribution in [2.24, 2.45) is 0 Å². The van der Waals surface area contributed by atoms with Crippen molar-refractivity contribution in [2.75, 3.05) is 5.32 Å². The molecule has 0 saturated heterocycles. The van der Waals surface area contributed by atoms with Gasteiger partial charge in [0, 0.05) is 4.88 Å². The molecular weight excluding hydrogens is 327 g/mol. The highest BCUT2D eigenvalue weighted by Gasteiger charge is 2.11. The lowest BCUT2D eigenvalue weighted by atomic mass is 10.2. The Morgan fingerprint density at radius 1 is 1.24 bits per heavy atom. The molecule has 0 unspecified atom stereocenters. The van der Waals surface area contributed by atoms with E-state index < -0.39 is 0 Å². The summed E-state index contributed by atoms with van der Waals surface area (Å²) in [7, 11) is 0. The van der Waals surface area contributed by atoms with Gasteiger partial charge in [-0.1, -0.05) is 11.6 Å². The maximum absolute atomic E-state index is 8.86. The fraction of sp³-hybridized carbons (Fsp3) is 0.0714. The van der Waals surface area contributed by atoms with Crippen LogP contribution in [0.5, 0.6) is 0 Å². The van der Waals surface area contributed by atoms with Crippen LogP contribution in [0.15, 0.2) is 24.3 Å². The van der Waals surface area contributed by atoms with Gasteiger partial charge in [0.1, 0.15) is 10.6 Å². The largest absolute Gasteiger partial charge is 0.338 e. The fourth-order valence-corrected chi connectivity index (χ4v) is 3.25. The van der Waals surface area contributed by atoms with Crippen LogP contribution in [-0.2, 0) is 0 Å². The third-order valence-electron chi connectivity index (χ3n) is 2.84. The molecule has 4 nitrogen and oxygen atoms in total. The molecule has 2 heterocycles. The number of nitrogens with zero attached hydrogens (tertiary/aromatic N) is 3. The van der Waals surface area contributed by atoms with E-state index in [-0.39, 0.29) is 5.28 Å². The molecule has 0 radical (unpaired) electrons. The van der Waals surface area contributed by atoms with Crippen molar-refractivity contribution >= 4 is 56.3 Å². The zero-order valence-electron chi connectivity index (χ0n) is 10.8. The molecule has 0 bridgehead atoms. The highest BCUT2D eigenvalue weighted by atomic mass is 35.5. The Labute approximate surface area is 135 Å². The van der Waals surface area contributed by atoms with Gasteiger partial charge in [-0.2, -0.15) is 10.2 Å². The molecule has 1 aromatic carbocycles. The molecule has 0 spiro atoms. The second-order valence-electron chi connectivity index (χ2n) is 4.35. The summed E-state index contributed by atoms with van der Waals surface area (Å²) in [4.78, 5) is 10.4. The van der Waals surface area contributed by atoms with Crippen molar-refractivity contribution in [3.8, 4) is 6.07 Å². The van der Waals surface area contributed by atoms with Gasteiger partial charge < -0.3 is 5.32 Å². The Morgan fingerprint density at radius 2 is 2.05 bits per heavy atom. The van der Waals surface area contributed by atoms with E-state index >= 15 is 0 Å². The molecular formula is C14H8Cl2N4S. The number of rotatable bonds is 2. The first-order chi connectivity index (χ1) is 10.1. The van der Waals surface area contributed by atoms with Gasteiger partial charge in [0.15, 0.2) is 0 Å². The number of halogens is 2. The first kappa shape index (κ1) is 14.1. The number of hydrogen-bond donors (Lipinski definition) is 1. The van der Waals surface area contributed by atoms with E-state index in [0.717, 1.165) is 15.1 Å². The predicted octanol–water partition coefficient (Wildman–Crippen LogP) is 4.92. The molecule has 0 amide bonds. The normalized spacial score (nSPS) is 10.6. The zero-order valence-corrected chi connectivity index (χ0v) is 13.1. The van der Waals surface area contributed by atoms with Crippen molar-refractivity contribution in [2.45, 2.75) is 6.92 Å². The van der Waals surface area contributed by atoms with E-state index in [4.69, 9.17) is 28.5 Å². The van der Waals surface area contributed by atoms with E-state index in [1.165, 1.54) is 0 Å². The molecule has 0 aliphatic carbocycles. The maximum Gasteiger partial charge on any atom is 0.225 e. The number of aromatic nitrogens is 2. The standard InChI is InChI=1S/C14H8Cl2N4S/c1-7-4-9-12(19-14(16)20-13(9)21-7)18-11-3-2-8(6-17)5-10(11)15/h2-5H,1H3,(H,18,19,20). The molecule has 3 aromatic rings. The van der Waals surface area contributed by atoms with Crippen LogP contribution in [-0.4, -0.2) is 9.97 Å². The molecule has 0 atom stereocenters. The number of fused-ring (bicyclic) bond motifs is 1. The second kappa shape index (κ2) is 5.49. The molecule has 0 aliphatic heterocycles. The Morgan fingerprint density at radius 3 is 2.76 bits per heavy atom. The van der Waals surface area contributed by atoms with Crippen LogP contribution < -0.4 is 5.32 Å². The molecule has 7 heteroatoms. The molecule has 1 N–H and O–H groups in total. The fourth-order valence-electron chi connectivity index (χ4n) is 1.92. The van der Waals surface area contributed by atoms with Crippen molar-refractivity contribution in [1.82, 2.24) is 9.97 Å². The van der Waals surface area contributed by atoms with Crippen molar-refractivity contribution in [3.63, 3.8) is 0 Å². The van der Waals surface area contributed by atoms with Gasteiger partial charge in [0.05, 0.1) is 27.7 Å². The minimum absolute atomic E-state index is 0.177. The third-order valence-corrected chi connectivity index (χ3v) is 4.27. The Kier molecular flexibility index (Phi) is 3.68. The van der Waals surface area contributed by atoms with Crippen LogP contribution >= 0.6 is 34.5 Å². The van der Waals surface area contributed by atoms with E-state index in [1.807, 2.05) is 19.1 Å². The summed E-state index contributed by atoms with van der Waals surface area (Å²) in [6.07, 6.45) is 0.